The largest absolute Gasteiger partial charge is 0.494 e. The number of aryl methyl sites for hydroxylation is 2. The van der Waals surface area contributed by atoms with Gasteiger partial charge < -0.3 is 5.11 Å². The number of aliphatic imine (C=N–C) groups is 1. The first-order valence-corrected chi connectivity index (χ1v) is 8.94. The summed E-state index contributed by atoms with van der Waals surface area (Å²) in [5.41, 5.74) is 3.49. The van der Waals surface area contributed by atoms with Gasteiger partial charge in [0.05, 0.1) is 11.3 Å². The Kier molecular flexibility index (Phi) is 4.94. The van der Waals surface area contributed by atoms with Crippen LogP contribution in [0, 0.1) is 32.1 Å². The van der Waals surface area contributed by atoms with Crippen LogP contribution in [0.25, 0.3) is 0 Å². The smallest absolute Gasteiger partial charge is 0.271 e. The molecule has 5 nitrogen and oxygen atoms in total. The summed E-state index contributed by atoms with van der Waals surface area (Å²) in [5.74, 6) is -0.0895. The van der Waals surface area contributed by atoms with E-state index in [2.05, 4.69) is 4.99 Å². The number of benzene rings is 1. The monoisotopic (exact) mass is 349 g/mol. The van der Waals surface area contributed by atoms with Crippen molar-refractivity contribution in [3.8, 4) is 11.9 Å². The standard InChI is InChI=1S/C21H23N3O2/c1-13-7-6-8-14(2)19(13)23-12-18-15(3)17(11-22)20(25)24(21(18)26)16-9-4-5-10-16/h6-8,12,16,26H,4-5,9-10H2,1-3H3. The topological polar surface area (TPSA) is 78.4 Å². The van der Waals surface area contributed by atoms with Crippen molar-refractivity contribution in [3.05, 3.63) is 56.4 Å². The highest BCUT2D eigenvalue weighted by Crippen LogP contribution is 2.33. The van der Waals surface area contributed by atoms with Gasteiger partial charge in [-0.15, -0.1) is 0 Å². The van der Waals surface area contributed by atoms with Crippen LogP contribution in [0.15, 0.2) is 28.0 Å². The minimum Gasteiger partial charge on any atom is -0.494 e. The highest BCUT2D eigenvalue weighted by molar-refractivity contribution is 5.88. The van der Waals surface area contributed by atoms with Crippen molar-refractivity contribution >= 4 is 11.9 Å². The first-order chi connectivity index (χ1) is 12.5. The van der Waals surface area contributed by atoms with Gasteiger partial charge in [-0.3, -0.25) is 14.4 Å². The molecule has 0 spiro atoms. The average Bonchev–Trinajstić information content (AvgIpc) is 3.11. The summed E-state index contributed by atoms with van der Waals surface area (Å²) in [7, 11) is 0. The van der Waals surface area contributed by atoms with E-state index in [4.69, 9.17) is 0 Å². The van der Waals surface area contributed by atoms with E-state index in [9.17, 15) is 15.2 Å². The molecule has 0 atom stereocenters. The van der Waals surface area contributed by atoms with Crippen molar-refractivity contribution in [2.45, 2.75) is 52.5 Å². The lowest BCUT2D eigenvalue weighted by molar-refractivity contribution is 0.368. The third-order valence-corrected chi connectivity index (χ3v) is 5.24. The number of nitrogens with zero attached hydrogens (tertiary/aromatic N) is 3. The molecule has 1 N–H and O–H groups in total. The van der Waals surface area contributed by atoms with Crippen molar-refractivity contribution in [1.82, 2.24) is 4.57 Å². The van der Waals surface area contributed by atoms with E-state index in [1.165, 1.54) is 4.57 Å². The van der Waals surface area contributed by atoms with E-state index >= 15 is 0 Å². The molecular weight excluding hydrogens is 326 g/mol. The van der Waals surface area contributed by atoms with Crippen molar-refractivity contribution in [2.75, 3.05) is 0 Å². The fraction of sp³-hybridized carbons (Fsp3) is 0.381. The summed E-state index contributed by atoms with van der Waals surface area (Å²) in [4.78, 5) is 17.3. The quantitative estimate of drug-likeness (QED) is 0.843. The summed E-state index contributed by atoms with van der Waals surface area (Å²) in [6, 6.07) is 7.89. The van der Waals surface area contributed by atoms with Crippen LogP contribution in [0.4, 0.5) is 5.69 Å². The fourth-order valence-corrected chi connectivity index (χ4v) is 3.74. The van der Waals surface area contributed by atoms with Crippen LogP contribution < -0.4 is 5.56 Å². The Morgan fingerprint density at radius 1 is 1.23 bits per heavy atom. The van der Waals surface area contributed by atoms with Gasteiger partial charge >= 0.3 is 0 Å². The predicted molar refractivity (Wildman–Crippen MR) is 102 cm³/mol. The number of hydrogen-bond donors (Lipinski definition) is 1. The average molecular weight is 349 g/mol. The minimum absolute atomic E-state index is 0.0532. The molecule has 0 unspecified atom stereocenters. The summed E-state index contributed by atoms with van der Waals surface area (Å²) in [5, 5.41) is 20.3. The van der Waals surface area contributed by atoms with Crippen molar-refractivity contribution in [1.29, 1.82) is 5.26 Å². The molecule has 1 aliphatic carbocycles. The molecule has 0 aliphatic heterocycles. The molecule has 5 heteroatoms. The lowest BCUT2D eigenvalue weighted by Gasteiger charge is -2.19. The highest BCUT2D eigenvalue weighted by Gasteiger charge is 2.25. The first-order valence-electron chi connectivity index (χ1n) is 8.94. The molecule has 1 fully saturated rings. The summed E-state index contributed by atoms with van der Waals surface area (Å²) >= 11 is 0. The second kappa shape index (κ2) is 7.17. The van der Waals surface area contributed by atoms with Gasteiger partial charge in [0.2, 0.25) is 5.88 Å². The summed E-state index contributed by atoms with van der Waals surface area (Å²) in [6.07, 6.45) is 5.31. The van der Waals surface area contributed by atoms with Crippen molar-refractivity contribution < 1.29 is 5.11 Å². The molecule has 0 saturated heterocycles. The van der Waals surface area contributed by atoms with Crippen LogP contribution in [0.5, 0.6) is 5.88 Å². The maximum Gasteiger partial charge on any atom is 0.271 e. The maximum atomic E-state index is 12.7. The van der Waals surface area contributed by atoms with Gasteiger partial charge in [-0.2, -0.15) is 5.26 Å². The van der Waals surface area contributed by atoms with Gasteiger partial charge in [-0.1, -0.05) is 31.0 Å². The minimum atomic E-state index is -0.404. The van der Waals surface area contributed by atoms with Gasteiger partial charge in [0.15, 0.2) is 0 Å². The summed E-state index contributed by atoms with van der Waals surface area (Å²) in [6.45, 7) is 5.64. The van der Waals surface area contributed by atoms with Crippen LogP contribution in [0.1, 0.15) is 59.5 Å². The molecule has 0 bridgehead atoms. The van der Waals surface area contributed by atoms with Gasteiger partial charge in [0.25, 0.3) is 5.56 Å². The van der Waals surface area contributed by atoms with E-state index in [1.807, 2.05) is 38.1 Å². The Labute approximate surface area is 153 Å². The zero-order chi connectivity index (χ0) is 18.8. The molecule has 0 radical (unpaired) electrons. The molecule has 1 heterocycles. The summed E-state index contributed by atoms with van der Waals surface area (Å²) < 4.78 is 1.39. The van der Waals surface area contributed by atoms with Crippen LogP contribution in [-0.2, 0) is 0 Å². The Bertz CT molecular complexity index is 954. The zero-order valence-corrected chi connectivity index (χ0v) is 15.4. The van der Waals surface area contributed by atoms with Gasteiger partial charge in [-0.25, -0.2) is 0 Å². The zero-order valence-electron chi connectivity index (χ0n) is 15.4. The third kappa shape index (κ3) is 3.03. The molecule has 1 aromatic heterocycles. The van der Waals surface area contributed by atoms with E-state index < -0.39 is 5.56 Å². The lowest BCUT2D eigenvalue weighted by Crippen LogP contribution is -2.28. The molecular formula is C21H23N3O2. The Morgan fingerprint density at radius 2 is 1.85 bits per heavy atom. The van der Waals surface area contributed by atoms with Crippen molar-refractivity contribution in [3.63, 3.8) is 0 Å². The fourth-order valence-electron chi connectivity index (χ4n) is 3.74. The van der Waals surface area contributed by atoms with E-state index in [0.29, 0.717) is 11.1 Å². The molecule has 3 rings (SSSR count). The predicted octanol–water partition coefficient (Wildman–Crippen LogP) is 4.22. The Morgan fingerprint density at radius 3 is 2.42 bits per heavy atom. The SMILES string of the molecule is Cc1cccc(C)c1N=Cc1c(C)c(C#N)c(=O)n(C2CCCC2)c1O. The van der Waals surface area contributed by atoms with Gasteiger partial charge in [-0.05, 0) is 50.3 Å². The number of para-hydroxylation sites is 1. The number of rotatable bonds is 3. The lowest BCUT2D eigenvalue weighted by atomic mass is 10.0. The second-order valence-electron chi connectivity index (χ2n) is 6.96. The third-order valence-electron chi connectivity index (χ3n) is 5.24. The Balaban J connectivity index is 2.18. The van der Waals surface area contributed by atoms with E-state index in [-0.39, 0.29) is 17.5 Å². The normalized spacial score (nSPS) is 14.8. The number of aromatic hydroxyl groups is 1. The maximum absolute atomic E-state index is 12.7. The molecule has 1 aliphatic rings. The highest BCUT2D eigenvalue weighted by atomic mass is 16.3. The number of aromatic nitrogens is 1. The van der Waals surface area contributed by atoms with E-state index in [1.54, 1.807) is 13.1 Å². The van der Waals surface area contributed by atoms with Crippen LogP contribution in [-0.4, -0.2) is 15.9 Å². The molecule has 26 heavy (non-hydrogen) atoms. The molecule has 134 valence electrons. The van der Waals surface area contributed by atoms with Crippen LogP contribution in [0.3, 0.4) is 0 Å². The van der Waals surface area contributed by atoms with Gasteiger partial charge in [0.1, 0.15) is 11.6 Å². The number of nitriles is 1. The second-order valence-corrected chi connectivity index (χ2v) is 6.96. The molecule has 1 saturated carbocycles. The van der Waals surface area contributed by atoms with Crippen LogP contribution >= 0.6 is 0 Å². The van der Waals surface area contributed by atoms with Crippen LogP contribution in [0.2, 0.25) is 0 Å². The molecule has 1 aromatic carbocycles. The number of hydrogen-bond acceptors (Lipinski definition) is 4. The van der Waals surface area contributed by atoms with Crippen molar-refractivity contribution in [2.24, 2.45) is 4.99 Å². The number of pyridine rings is 1. The van der Waals surface area contributed by atoms with Gasteiger partial charge in [0, 0.05) is 12.3 Å². The Hall–Kier alpha value is -2.87. The molecule has 0 amide bonds. The first kappa shape index (κ1) is 17.9. The van der Waals surface area contributed by atoms with E-state index in [0.717, 1.165) is 42.5 Å². The molecule has 2 aromatic rings.